The van der Waals surface area contributed by atoms with Crippen LogP contribution in [0.5, 0.6) is 5.75 Å². The predicted octanol–water partition coefficient (Wildman–Crippen LogP) is 6.76. The van der Waals surface area contributed by atoms with E-state index >= 15 is 0 Å². The normalized spacial score (nSPS) is 19.6. The van der Waals surface area contributed by atoms with Crippen molar-refractivity contribution in [3.8, 4) is 5.75 Å². The third-order valence-electron chi connectivity index (χ3n) is 6.54. The predicted molar refractivity (Wildman–Crippen MR) is 134 cm³/mol. The lowest BCUT2D eigenvalue weighted by molar-refractivity contribution is -0.116. The van der Waals surface area contributed by atoms with Crippen molar-refractivity contribution in [1.82, 2.24) is 0 Å². The van der Waals surface area contributed by atoms with E-state index < -0.39 is 0 Å². The maximum Gasteiger partial charge on any atom is 0.163 e. The highest BCUT2D eigenvalue weighted by atomic mass is 16.5. The van der Waals surface area contributed by atoms with Crippen LogP contribution in [0.1, 0.15) is 54.8 Å². The molecule has 0 saturated carbocycles. The molecule has 2 N–H and O–H groups in total. The highest BCUT2D eigenvalue weighted by Crippen LogP contribution is 2.44. The minimum atomic E-state index is -0.206. The molecule has 2 aliphatic rings. The lowest BCUT2D eigenvalue weighted by Gasteiger charge is -2.30. The fourth-order valence-corrected chi connectivity index (χ4v) is 4.79. The molecule has 3 aromatic carbocycles. The monoisotopic (exact) mass is 438 g/mol. The number of ketones is 1. The molecule has 0 fully saturated rings. The molecular weight excluding hydrogens is 408 g/mol. The van der Waals surface area contributed by atoms with Crippen molar-refractivity contribution in [2.45, 2.75) is 45.1 Å². The summed E-state index contributed by atoms with van der Waals surface area (Å²) in [5.74, 6) is 1.24. The van der Waals surface area contributed by atoms with Gasteiger partial charge < -0.3 is 15.4 Å². The number of fused-ring (bicyclic) bond motifs is 1. The first-order valence-corrected chi connectivity index (χ1v) is 11.8. The van der Waals surface area contributed by atoms with Gasteiger partial charge in [0.2, 0.25) is 0 Å². The van der Waals surface area contributed by atoms with Gasteiger partial charge in [0.25, 0.3) is 0 Å². The zero-order chi connectivity index (χ0) is 22.8. The van der Waals surface area contributed by atoms with Crippen LogP contribution < -0.4 is 15.4 Å². The van der Waals surface area contributed by atoms with E-state index in [1.165, 1.54) is 11.1 Å². The minimum absolute atomic E-state index is 0.181. The number of ether oxygens (including phenoxy) is 1. The summed E-state index contributed by atoms with van der Waals surface area (Å²) in [5, 5.41) is 7.26. The van der Waals surface area contributed by atoms with Gasteiger partial charge in [0, 0.05) is 17.7 Å². The van der Waals surface area contributed by atoms with Crippen LogP contribution in [0.15, 0.2) is 84.1 Å². The van der Waals surface area contributed by atoms with Gasteiger partial charge in [0.15, 0.2) is 5.78 Å². The van der Waals surface area contributed by atoms with E-state index in [0.29, 0.717) is 13.0 Å². The van der Waals surface area contributed by atoms with Gasteiger partial charge >= 0.3 is 0 Å². The smallest absolute Gasteiger partial charge is 0.163 e. The van der Waals surface area contributed by atoms with E-state index in [1.807, 2.05) is 24.3 Å². The molecule has 4 heteroatoms. The molecule has 2 atom stereocenters. The zero-order valence-corrected chi connectivity index (χ0v) is 19.2. The van der Waals surface area contributed by atoms with Gasteiger partial charge in [-0.3, -0.25) is 4.79 Å². The second-order valence-electron chi connectivity index (χ2n) is 9.00. The van der Waals surface area contributed by atoms with Crippen molar-refractivity contribution in [3.05, 3.63) is 101 Å². The van der Waals surface area contributed by atoms with Crippen molar-refractivity contribution < 1.29 is 9.53 Å². The highest BCUT2D eigenvalue weighted by molar-refractivity contribution is 6.01. The lowest BCUT2D eigenvalue weighted by Crippen LogP contribution is -2.26. The van der Waals surface area contributed by atoms with E-state index in [0.717, 1.165) is 46.8 Å². The number of hydrogen-bond donors (Lipinski definition) is 2. The summed E-state index contributed by atoms with van der Waals surface area (Å²) in [7, 11) is 0. The average Bonchev–Trinajstić information content (AvgIpc) is 3.00. The first-order valence-electron chi connectivity index (χ1n) is 11.8. The molecule has 0 amide bonds. The van der Waals surface area contributed by atoms with Crippen molar-refractivity contribution >= 4 is 17.2 Å². The van der Waals surface area contributed by atoms with E-state index in [4.69, 9.17) is 4.74 Å². The zero-order valence-electron chi connectivity index (χ0n) is 19.2. The van der Waals surface area contributed by atoms with E-state index in [-0.39, 0.29) is 17.7 Å². The summed E-state index contributed by atoms with van der Waals surface area (Å²) in [6, 6.07) is 24.7. The molecule has 0 aromatic heterocycles. The number of aryl methyl sites for hydroxylation is 1. The van der Waals surface area contributed by atoms with Gasteiger partial charge in [-0.05, 0) is 61.1 Å². The average molecular weight is 439 g/mol. The lowest BCUT2D eigenvalue weighted by atomic mass is 9.78. The highest BCUT2D eigenvalue weighted by Gasteiger charge is 2.36. The maximum absolute atomic E-state index is 13.6. The molecule has 1 aliphatic carbocycles. The molecule has 33 heavy (non-hydrogen) atoms. The fourth-order valence-electron chi connectivity index (χ4n) is 4.79. The van der Waals surface area contributed by atoms with Crippen molar-refractivity contribution in [1.29, 1.82) is 0 Å². The van der Waals surface area contributed by atoms with Gasteiger partial charge in [0.1, 0.15) is 5.75 Å². The number of carbonyl (C=O) groups excluding carboxylic acids is 1. The Morgan fingerprint density at radius 2 is 1.58 bits per heavy atom. The number of benzene rings is 3. The Morgan fingerprint density at radius 1 is 0.879 bits per heavy atom. The van der Waals surface area contributed by atoms with E-state index in [9.17, 15) is 4.79 Å². The van der Waals surface area contributed by atoms with Crippen LogP contribution in [-0.4, -0.2) is 12.4 Å². The third-order valence-corrected chi connectivity index (χ3v) is 6.54. The number of anilines is 2. The van der Waals surface area contributed by atoms with Crippen molar-refractivity contribution in [2.75, 3.05) is 17.2 Å². The molecule has 5 rings (SSSR count). The summed E-state index contributed by atoms with van der Waals surface area (Å²) < 4.78 is 5.77. The quantitative estimate of drug-likeness (QED) is 0.462. The number of para-hydroxylation sites is 2. The summed E-state index contributed by atoms with van der Waals surface area (Å²) in [6.45, 7) is 4.89. The van der Waals surface area contributed by atoms with Crippen LogP contribution in [-0.2, 0) is 4.79 Å². The first kappa shape index (κ1) is 21.3. The Morgan fingerprint density at radius 3 is 2.30 bits per heavy atom. The fraction of sp³-hybridized carbons (Fsp3) is 0.276. The molecule has 168 valence electrons. The standard InChI is InChI=1S/C29H30N2O2/c1-3-16-33-23-14-12-21(13-15-23)29-28-26(30-24-6-4-5-7-25(24)31-29)17-22(18-27(28)32)20-10-8-19(2)9-11-20/h4-15,22,29-31H,3,16-18H2,1-2H3. The SMILES string of the molecule is CCCOc1ccc(C2Nc3ccccc3NC3=C2C(=O)CC(c2ccc(C)cc2)C3)cc1. The van der Waals surface area contributed by atoms with Crippen LogP contribution in [0.4, 0.5) is 11.4 Å². The third kappa shape index (κ3) is 4.38. The van der Waals surface area contributed by atoms with Gasteiger partial charge in [0.05, 0.1) is 24.0 Å². The maximum atomic E-state index is 13.6. The Labute approximate surface area is 195 Å². The second-order valence-corrected chi connectivity index (χ2v) is 9.00. The summed E-state index contributed by atoms with van der Waals surface area (Å²) in [4.78, 5) is 13.6. The summed E-state index contributed by atoms with van der Waals surface area (Å²) in [6.07, 6.45) is 2.31. The number of rotatable bonds is 5. The number of hydrogen-bond acceptors (Lipinski definition) is 4. The number of allylic oxidation sites excluding steroid dienone is 1. The van der Waals surface area contributed by atoms with Gasteiger partial charge in [-0.25, -0.2) is 0 Å². The topological polar surface area (TPSA) is 50.4 Å². The van der Waals surface area contributed by atoms with E-state index in [2.05, 4.69) is 73.0 Å². The van der Waals surface area contributed by atoms with Crippen molar-refractivity contribution in [3.63, 3.8) is 0 Å². The molecule has 3 aromatic rings. The Hall–Kier alpha value is -3.53. The van der Waals surface area contributed by atoms with Gasteiger partial charge in [-0.2, -0.15) is 0 Å². The molecule has 1 aliphatic heterocycles. The molecule has 0 saturated heterocycles. The molecule has 0 spiro atoms. The second kappa shape index (κ2) is 9.14. The number of carbonyl (C=O) groups is 1. The number of Topliss-reactive ketones (excluding diaryl/α,β-unsaturated/α-hetero) is 1. The van der Waals surface area contributed by atoms with Crippen molar-refractivity contribution in [2.24, 2.45) is 0 Å². The molecule has 2 unspecified atom stereocenters. The number of nitrogens with one attached hydrogen (secondary N) is 2. The molecule has 0 bridgehead atoms. The Kier molecular flexibility index (Phi) is 5.91. The van der Waals surface area contributed by atoms with Crippen LogP contribution in [0.3, 0.4) is 0 Å². The molecule has 0 radical (unpaired) electrons. The molecular formula is C29H30N2O2. The molecule has 1 heterocycles. The van der Waals surface area contributed by atoms with E-state index in [1.54, 1.807) is 0 Å². The largest absolute Gasteiger partial charge is 0.494 e. The van der Waals surface area contributed by atoms with Crippen LogP contribution in [0.2, 0.25) is 0 Å². The molecule has 4 nitrogen and oxygen atoms in total. The van der Waals surface area contributed by atoms with Gasteiger partial charge in [-0.1, -0.05) is 61.0 Å². The Balaban J connectivity index is 1.53. The van der Waals surface area contributed by atoms with Crippen LogP contribution in [0, 0.1) is 6.92 Å². The van der Waals surface area contributed by atoms with Crippen LogP contribution >= 0.6 is 0 Å². The minimum Gasteiger partial charge on any atom is -0.494 e. The Bertz CT molecular complexity index is 1180. The van der Waals surface area contributed by atoms with Gasteiger partial charge in [-0.15, -0.1) is 0 Å². The first-order chi connectivity index (χ1) is 16.1. The summed E-state index contributed by atoms with van der Waals surface area (Å²) >= 11 is 0. The summed E-state index contributed by atoms with van der Waals surface area (Å²) in [5.41, 5.74) is 7.39. The van der Waals surface area contributed by atoms with Crippen LogP contribution in [0.25, 0.3) is 0 Å².